The van der Waals surface area contributed by atoms with E-state index >= 15 is 0 Å². The Morgan fingerprint density at radius 1 is 1.06 bits per heavy atom. The Balaban J connectivity index is 1.91. The molecule has 0 aliphatic rings. The first kappa shape index (κ1) is 12.2. The van der Waals surface area contributed by atoms with Gasteiger partial charge in [0.25, 0.3) is 0 Å². The normalized spacial score (nSPS) is 10.8. The summed E-state index contributed by atoms with van der Waals surface area (Å²) >= 11 is 0. The molecule has 0 atom stereocenters. The maximum Gasteiger partial charge on any atom is 0.145 e. The van der Waals surface area contributed by atoms with E-state index in [-0.39, 0.29) is 18.2 Å². The molecular weight excluding hydrogens is 236 g/mol. The average Bonchev–Trinajstić information content (AvgIpc) is 2.37. The van der Waals surface area contributed by atoms with Gasteiger partial charge in [-0.25, -0.2) is 8.78 Å². The van der Waals surface area contributed by atoms with Crippen LogP contribution in [0.25, 0.3) is 0 Å². The molecule has 0 saturated carbocycles. The first-order valence-corrected chi connectivity index (χ1v) is 5.40. The lowest BCUT2D eigenvalue weighted by Crippen LogP contribution is -1.92. The molecule has 4 heteroatoms. The molecule has 0 radical (unpaired) electrons. The smallest absolute Gasteiger partial charge is 0.145 e. The molecular formula is C14H11F2NO. The van der Waals surface area contributed by atoms with Gasteiger partial charge in [-0.15, -0.1) is 0 Å². The summed E-state index contributed by atoms with van der Waals surface area (Å²) < 4.78 is 26.1. The van der Waals surface area contributed by atoms with Gasteiger partial charge in [-0.1, -0.05) is 35.5 Å². The first-order chi connectivity index (χ1) is 8.75. The fraction of sp³-hybridized carbons (Fsp3) is 0.0714. The predicted octanol–water partition coefficient (Wildman–Crippen LogP) is 3.52. The summed E-state index contributed by atoms with van der Waals surface area (Å²) in [5.74, 6) is -0.675. The Labute approximate surface area is 104 Å². The van der Waals surface area contributed by atoms with Gasteiger partial charge < -0.3 is 4.84 Å². The molecule has 0 unspecified atom stereocenters. The highest BCUT2D eigenvalue weighted by Gasteiger charge is 1.99. The van der Waals surface area contributed by atoms with E-state index in [1.54, 1.807) is 30.3 Å². The second-order valence-corrected chi connectivity index (χ2v) is 3.65. The zero-order valence-electron chi connectivity index (χ0n) is 9.51. The Bertz CT molecular complexity index is 555. The van der Waals surface area contributed by atoms with Crippen LogP contribution in [-0.2, 0) is 11.4 Å². The minimum absolute atomic E-state index is 0.0402. The van der Waals surface area contributed by atoms with E-state index in [2.05, 4.69) is 5.16 Å². The van der Waals surface area contributed by atoms with E-state index in [0.717, 1.165) is 0 Å². The summed E-state index contributed by atoms with van der Waals surface area (Å²) in [6, 6.07) is 12.2. The highest BCUT2D eigenvalue weighted by molar-refractivity contribution is 5.78. The molecule has 0 heterocycles. The summed E-state index contributed by atoms with van der Waals surface area (Å²) in [6.45, 7) is 0.0402. The number of nitrogens with zero attached hydrogens (tertiary/aromatic N) is 1. The minimum atomic E-state index is -0.340. The fourth-order valence-corrected chi connectivity index (χ4v) is 1.41. The quantitative estimate of drug-likeness (QED) is 0.598. The SMILES string of the molecule is Fc1cccc(C=NOCc2ccccc2F)c1. The van der Waals surface area contributed by atoms with E-state index in [9.17, 15) is 8.78 Å². The molecule has 0 aromatic heterocycles. The monoisotopic (exact) mass is 247 g/mol. The van der Waals surface area contributed by atoms with Crippen molar-refractivity contribution in [2.45, 2.75) is 6.61 Å². The molecule has 0 saturated heterocycles. The zero-order valence-corrected chi connectivity index (χ0v) is 9.51. The topological polar surface area (TPSA) is 21.6 Å². The third-order valence-corrected chi connectivity index (χ3v) is 2.30. The van der Waals surface area contributed by atoms with Crippen molar-refractivity contribution in [2.75, 3.05) is 0 Å². The molecule has 2 aromatic rings. The first-order valence-electron chi connectivity index (χ1n) is 5.40. The van der Waals surface area contributed by atoms with Crippen molar-refractivity contribution in [3.8, 4) is 0 Å². The molecule has 0 fully saturated rings. The molecule has 2 rings (SSSR count). The summed E-state index contributed by atoms with van der Waals surface area (Å²) in [6.07, 6.45) is 1.38. The van der Waals surface area contributed by atoms with E-state index in [1.165, 1.54) is 24.4 Å². The van der Waals surface area contributed by atoms with Gasteiger partial charge >= 0.3 is 0 Å². The molecule has 0 spiro atoms. The number of rotatable bonds is 4. The summed E-state index contributed by atoms with van der Waals surface area (Å²) in [5, 5.41) is 3.66. The van der Waals surface area contributed by atoms with Crippen molar-refractivity contribution in [3.05, 3.63) is 71.3 Å². The second kappa shape index (κ2) is 5.91. The van der Waals surface area contributed by atoms with Crippen LogP contribution in [0.1, 0.15) is 11.1 Å². The van der Waals surface area contributed by atoms with Crippen LogP contribution in [0.4, 0.5) is 8.78 Å². The van der Waals surface area contributed by atoms with Crippen LogP contribution in [0.3, 0.4) is 0 Å². The standard InChI is InChI=1S/C14H11F2NO/c15-13-6-3-4-11(8-13)9-17-18-10-12-5-1-2-7-14(12)16/h1-9H,10H2. The second-order valence-electron chi connectivity index (χ2n) is 3.65. The number of hydrogen-bond acceptors (Lipinski definition) is 2. The van der Waals surface area contributed by atoms with Crippen molar-refractivity contribution >= 4 is 6.21 Å². The third kappa shape index (κ3) is 3.38. The average molecular weight is 247 g/mol. The van der Waals surface area contributed by atoms with Gasteiger partial charge in [0.05, 0.1) is 6.21 Å². The molecule has 92 valence electrons. The lowest BCUT2D eigenvalue weighted by Gasteiger charge is -2.00. The zero-order chi connectivity index (χ0) is 12.8. The molecule has 0 N–H and O–H groups in total. The Morgan fingerprint density at radius 3 is 2.67 bits per heavy atom. The number of hydrogen-bond donors (Lipinski definition) is 0. The van der Waals surface area contributed by atoms with Crippen molar-refractivity contribution in [2.24, 2.45) is 5.16 Å². The van der Waals surface area contributed by atoms with Gasteiger partial charge in [0.15, 0.2) is 0 Å². The van der Waals surface area contributed by atoms with Crippen LogP contribution in [0.5, 0.6) is 0 Å². The van der Waals surface area contributed by atoms with Crippen molar-refractivity contribution in [3.63, 3.8) is 0 Å². The van der Waals surface area contributed by atoms with Crippen LogP contribution in [0, 0.1) is 11.6 Å². The molecule has 2 aromatic carbocycles. The molecule has 2 nitrogen and oxygen atoms in total. The maximum atomic E-state index is 13.2. The Morgan fingerprint density at radius 2 is 1.89 bits per heavy atom. The number of oxime groups is 1. The van der Waals surface area contributed by atoms with Crippen molar-refractivity contribution < 1.29 is 13.6 Å². The maximum absolute atomic E-state index is 13.2. The Kier molecular flexibility index (Phi) is 4.02. The van der Waals surface area contributed by atoms with Gasteiger partial charge in [0.2, 0.25) is 0 Å². The number of benzene rings is 2. The van der Waals surface area contributed by atoms with Gasteiger partial charge in [0.1, 0.15) is 18.2 Å². The van der Waals surface area contributed by atoms with Crippen LogP contribution in [0.2, 0.25) is 0 Å². The lowest BCUT2D eigenvalue weighted by molar-refractivity contribution is 0.129. The van der Waals surface area contributed by atoms with Crippen molar-refractivity contribution in [1.82, 2.24) is 0 Å². The largest absolute Gasteiger partial charge is 0.391 e. The highest BCUT2D eigenvalue weighted by atomic mass is 19.1. The lowest BCUT2D eigenvalue weighted by atomic mass is 10.2. The third-order valence-electron chi connectivity index (χ3n) is 2.30. The van der Waals surface area contributed by atoms with E-state index in [4.69, 9.17) is 4.84 Å². The summed E-state index contributed by atoms with van der Waals surface area (Å²) in [4.78, 5) is 4.95. The van der Waals surface area contributed by atoms with Crippen molar-refractivity contribution in [1.29, 1.82) is 0 Å². The van der Waals surface area contributed by atoms with Gasteiger partial charge in [-0.2, -0.15) is 0 Å². The predicted molar refractivity (Wildman–Crippen MR) is 65.2 cm³/mol. The minimum Gasteiger partial charge on any atom is -0.391 e. The van der Waals surface area contributed by atoms with E-state index in [1.807, 2.05) is 0 Å². The molecule has 0 aliphatic heterocycles. The van der Waals surface area contributed by atoms with Gasteiger partial charge in [-0.05, 0) is 23.8 Å². The molecule has 0 bridgehead atoms. The van der Waals surface area contributed by atoms with Crippen LogP contribution in [-0.4, -0.2) is 6.21 Å². The Hall–Kier alpha value is -2.23. The molecule has 0 aliphatic carbocycles. The highest BCUT2D eigenvalue weighted by Crippen LogP contribution is 2.07. The fourth-order valence-electron chi connectivity index (χ4n) is 1.41. The summed E-state index contributed by atoms with van der Waals surface area (Å²) in [5.41, 5.74) is 1.01. The molecule has 18 heavy (non-hydrogen) atoms. The van der Waals surface area contributed by atoms with Crippen LogP contribution >= 0.6 is 0 Å². The summed E-state index contributed by atoms with van der Waals surface area (Å²) in [7, 11) is 0. The van der Waals surface area contributed by atoms with Gasteiger partial charge in [-0.3, -0.25) is 0 Å². The number of halogens is 2. The van der Waals surface area contributed by atoms with Crippen LogP contribution < -0.4 is 0 Å². The van der Waals surface area contributed by atoms with Crippen LogP contribution in [0.15, 0.2) is 53.7 Å². The van der Waals surface area contributed by atoms with E-state index in [0.29, 0.717) is 11.1 Å². The molecule has 0 amide bonds. The van der Waals surface area contributed by atoms with E-state index < -0.39 is 0 Å². The van der Waals surface area contributed by atoms with Gasteiger partial charge in [0, 0.05) is 5.56 Å².